The molecule has 7 heteroatoms. The molecule has 0 bridgehead atoms. The van der Waals surface area contributed by atoms with Crippen molar-refractivity contribution in [2.45, 2.75) is 32.4 Å². The van der Waals surface area contributed by atoms with Gasteiger partial charge in [0.15, 0.2) is 11.3 Å². The number of aromatic nitrogens is 3. The van der Waals surface area contributed by atoms with Crippen LogP contribution in [0.2, 0.25) is 0 Å². The number of hydrogen-bond acceptors (Lipinski definition) is 3. The van der Waals surface area contributed by atoms with E-state index in [-0.39, 0.29) is 11.1 Å². The van der Waals surface area contributed by atoms with Gasteiger partial charge in [-0.1, -0.05) is 20.8 Å². The normalized spacial score (nSPS) is 13.0. The first-order valence-electron chi connectivity index (χ1n) is 6.16. The molecular formula is C13H17F3N4. The lowest BCUT2D eigenvalue weighted by Gasteiger charge is -2.16. The molecule has 0 N–H and O–H groups in total. The topological polar surface area (TPSA) is 33.4 Å². The number of fused-ring (bicyclic) bond motifs is 1. The summed E-state index contributed by atoms with van der Waals surface area (Å²) in [5.74, 6) is 0.345. The first kappa shape index (κ1) is 14.6. The molecule has 2 aromatic rings. The number of nitrogens with zero attached hydrogens (tertiary/aromatic N) is 4. The summed E-state index contributed by atoms with van der Waals surface area (Å²) in [6.45, 7) is 5.86. The van der Waals surface area contributed by atoms with Crippen molar-refractivity contribution in [3.8, 4) is 0 Å². The van der Waals surface area contributed by atoms with Gasteiger partial charge >= 0.3 is 6.18 Å². The Morgan fingerprint density at radius 3 is 2.10 bits per heavy atom. The highest BCUT2D eigenvalue weighted by Crippen LogP contribution is 2.31. The lowest BCUT2D eigenvalue weighted by atomic mass is 9.93. The van der Waals surface area contributed by atoms with Gasteiger partial charge in [0.25, 0.3) is 0 Å². The Morgan fingerprint density at radius 2 is 1.65 bits per heavy atom. The second kappa shape index (κ2) is 4.36. The first-order valence-corrected chi connectivity index (χ1v) is 6.16. The van der Waals surface area contributed by atoms with Crippen LogP contribution >= 0.6 is 0 Å². The second-order valence-corrected chi connectivity index (χ2v) is 5.94. The summed E-state index contributed by atoms with van der Waals surface area (Å²) >= 11 is 0. The minimum atomic E-state index is -4.47. The van der Waals surface area contributed by atoms with Crippen molar-refractivity contribution in [1.82, 2.24) is 14.6 Å². The van der Waals surface area contributed by atoms with Gasteiger partial charge in [0.1, 0.15) is 5.82 Å². The number of halogens is 3. The van der Waals surface area contributed by atoms with Crippen LogP contribution < -0.4 is 4.90 Å². The Morgan fingerprint density at radius 1 is 1.05 bits per heavy atom. The fourth-order valence-electron chi connectivity index (χ4n) is 1.79. The lowest BCUT2D eigenvalue weighted by Crippen LogP contribution is -2.18. The summed E-state index contributed by atoms with van der Waals surface area (Å²) in [5.41, 5.74) is -0.259. The Kier molecular flexibility index (Phi) is 3.19. The van der Waals surface area contributed by atoms with E-state index in [9.17, 15) is 13.2 Å². The lowest BCUT2D eigenvalue weighted by molar-refractivity contribution is -0.141. The number of anilines is 1. The molecule has 4 nitrogen and oxygen atoms in total. The minimum absolute atomic E-state index is 0.202. The zero-order valence-corrected chi connectivity index (χ0v) is 12.1. The van der Waals surface area contributed by atoms with Crippen LogP contribution in [0.25, 0.3) is 5.65 Å². The Hall–Kier alpha value is -1.79. The van der Waals surface area contributed by atoms with Gasteiger partial charge in [0.05, 0.1) is 5.69 Å². The van der Waals surface area contributed by atoms with E-state index in [1.165, 1.54) is 4.52 Å². The van der Waals surface area contributed by atoms with Crippen LogP contribution in [0, 0.1) is 0 Å². The minimum Gasteiger partial charge on any atom is -0.363 e. The molecule has 0 unspecified atom stereocenters. The third kappa shape index (κ3) is 2.57. The molecule has 20 heavy (non-hydrogen) atoms. The fourth-order valence-corrected chi connectivity index (χ4v) is 1.79. The van der Waals surface area contributed by atoms with E-state index in [1.807, 2.05) is 20.8 Å². The maximum absolute atomic E-state index is 12.9. The molecule has 2 rings (SSSR count). The molecule has 2 aromatic heterocycles. The monoisotopic (exact) mass is 286 g/mol. The van der Waals surface area contributed by atoms with Crippen molar-refractivity contribution in [2.75, 3.05) is 19.0 Å². The standard InChI is InChI=1S/C13H17F3N4/c1-12(2,3)8-6-10-17-9(13(14,15)16)7-11(19(4)5)20(10)18-8/h6-7H,1-5H3. The van der Waals surface area contributed by atoms with E-state index in [4.69, 9.17) is 0 Å². The van der Waals surface area contributed by atoms with Crippen LogP contribution in [0.5, 0.6) is 0 Å². The van der Waals surface area contributed by atoms with Crippen molar-refractivity contribution in [1.29, 1.82) is 0 Å². The van der Waals surface area contributed by atoms with Crippen molar-refractivity contribution >= 4 is 11.5 Å². The molecule has 0 spiro atoms. The second-order valence-electron chi connectivity index (χ2n) is 5.94. The zero-order chi connectivity index (χ0) is 15.3. The summed E-state index contributed by atoms with van der Waals surface area (Å²) in [4.78, 5) is 5.26. The molecular weight excluding hydrogens is 269 g/mol. The van der Waals surface area contributed by atoms with Gasteiger partial charge in [-0.05, 0) is 0 Å². The van der Waals surface area contributed by atoms with E-state index >= 15 is 0 Å². The van der Waals surface area contributed by atoms with Crippen LogP contribution in [0.15, 0.2) is 12.1 Å². The zero-order valence-electron chi connectivity index (χ0n) is 12.1. The Labute approximate surface area is 115 Å². The largest absolute Gasteiger partial charge is 0.433 e. The summed E-state index contributed by atoms with van der Waals surface area (Å²) in [6.07, 6.45) is -4.47. The Bertz CT molecular complexity index is 635. The molecule has 0 aromatic carbocycles. The van der Waals surface area contributed by atoms with Crippen molar-refractivity contribution in [2.24, 2.45) is 0 Å². The quantitative estimate of drug-likeness (QED) is 0.807. The molecule has 0 amide bonds. The highest BCUT2D eigenvalue weighted by molar-refractivity contribution is 5.52. The van der Waals surface area contributed by atoms with Crippen LogP contribution in [-0.4, -0.2) is 28.7 Å². The number of hydrogen-bond donors (Lipinski definition) is 0. The molecule has 2 heterocycles. The van der Waals surface area contributed by atoms with Crippen molar-refractivity contribution in [3.63, 3.8) is 0 Å². The third-order valence-corrected chi connectivity index (χ3v) is 2.93. The summed E-state index contributed by atoms with van der Waals surface area (Å²) < 4.78 is 40.1. The number of alkyl halides is 3. The van der Waals surface area contributed by atoms with Crippen molar-refractivity contribution < 1.29 is 13.2 Å². The molecule has 0 fully saturated rings. The molecule has 0 aliphatic carbocycles. The smallest absolute Gasteiger partial charge is 0.363 e. The van der Waals surface area contributed by atoms with Gasteiger partial charge in [-0.15, -0.1) is 0 Å². The molecule has 0 saturated heterocycles. The summed E-state index contributed by atoms with van der Waals surface area (Å²) in [7, 11) is 3.35. The Balaban J connectivity index is 2.75. The van der Waals surface area contributed by atoms with Gasteiger partial charge in [0, 0.05) is 31.6 Å². The molecule has 0 aliphatic heterocycles. The van der Waals surface area contributed by atoms with E-state index in [2.05, 4.69) is 10.1 Å². The van der Waals surface area contributed by atoms with E-state index in [1.54, 1.807) is 25.1 Å². The van der Waals surface area contributed by atoms with Gasteiger partial charge in [-0.2, -0.15) is 22.8 Å². The summed E-state index contributed by atoms with van der Waals surface area (Å²) in [6, 6.07) is 2.61. The van der Waals surface area contributed by atoms with E-state index in [0.29, 0.717) is 11.5 Å². The fraction of sp³-hybridized carbons (Fsp3) is 0.538. The SMILES string of the molecule is CN(C)c1cc(C(F)(F)F)nc2cc(C(C)(C)C)nn12. The molecule has 110 valence electrons. The van der Waals surface area contributed by atoms with Crippen LogP contribution in [0.4, 0.5) is 19.0 Å². The number of rotatable bonds is 1. The molecule has 0 aliphatic rings. The van der Waals surface area contributed by atoms with E-state index < -0.39 is 11.9 Å². The van der Waals surface area contributed by atoms with Gasteiger partial charge in [-0.25, -0.2) is 4.98 Å². The average Bonchev–Trinajstić information content (AvgIpc) is 2.68. The molecule has 0 saturated carbocycles. The van der Waals surface area contributed by atoms with Crippen molar-refractivity contribution in [3.05, 3.63) is 23.5 Å². The maximum Gasteiger partial charge on any atom is 0.433 e. The third-order valence-electron chi connectivity index (χ3n) is 2.93. The van der Waals surface area contributed by atoms with Gasteiger partial charge in [-0.3, -0.25) is 0 Å². The first-order chi connectivity index (χ1) is 9.00. The van der Waals surface area contributed by atoms with Gasteiger partial charge in [0.2, 0.25) is 0 Å². The summed E-state index contributed by atoms with van der Waals surface area (Å²) in [5, 5.41) is 4.37. The predicted molar refractivity (Wildman–Crippen MR) is 71.0 cm³/mol. The van der Waals surface area contributed by atoms with E-state index in [0.717, 1.165) is 6.07 Å². The molecule has 0 radical (unpaired) electrons. The van der Waals surface area contributed by atoms with Crippen LogP contribution in [-0.2, 0) is 11.6 Å². The van der Waals surface area contributed by atoms with Gasteiger partial charge < -0.3 is 4.90 Å². The highest BCUT2D eigenvalue weighted by Gasteiger charge is 2.34. The maximum atomic E-state index is 12.9. The highest BCUT2D eigenvalue weighted by atomic mass is 19.4. The van der Waals surface area contributed by atoms with Crippen LogP contribution in [0.1, 0.15) is 32.2 Å². The average molecular weight is 286 g/mol. The van der Waals surface area contributed by atoms with Crippen LogP contribution in [0.3, 0.4) is 0 Å². The molecule has 0 atom stereocenters. The predicted octanol–water partition coefficient (Wildman–Crippen LogP) is 3.11.